The fourth-order valence-electron chi connectivity index (χ4n) is 1.53. The van der Waals surface area contributed by atoms with E-state index < -0.39 is 5.91 Å². The normalized spacial score (nSPS) is 10.1. The van der Waals surface area contributed by atoms with Crippen LogP contribution in [0.1, 0.15) is 18.9 Å². The van der Waals surface area contributed by atoms with Crippen molar-refractivity contribution in [1.82, 2.24) is 4.90 Å². The van der Waals surface area contributed by atoms with Gasteiger partial charge in [0.1, 0.15) is 0 Å². The number of rotatable bonds is 6. The van der Waals surface area contributed by atoms with Crippen LogP contribution in [0.4, 0.5) is 0 Å². The van der Waals surface area contributed by atoms with Crippen LogP contribution >= 0.6 is 15.9 Å². The van der Waals surface area contributed by atoms with Gasteiger partial charge in [-0.1, -0.05) is 28.1 Å². The molecule has 18 heavy (non-hydrogen) atoms. The fraction of sp³-hybridized carbons (Fsp3) is 0.308. The van der Waals surface area contributed by atoms with Gasteiger partial charge in [-0.2, -0.15) is 0 Å². The Morgan fingerprint density at radius 2 is 2.17 bits per heavy atom. The summed E-state index contributed by atoms with van der Waals surface area (Å²) in [5.74, 6) is -0.594. The summed E-state index contributed by atoms with van der Waals surface area (Å²) in [4.78, 5) is 24.1. The number of nitrogens with two attached hydrogens (primary N) is 1. The molecular weight excluding hydrogens is 296 g/mol. The lowest BCUT2D eigenvalue weighted by molar-refractivity contribution is -0.134. The smallest absolute Gasteiger partial charge is 0.237 e. The fourth-order valence-corrected chi connectivity index (χ4v) is 1.95. The van der Waals surface area contributed by atoms with E-state index in [1.807, 2.05) is 37.6 Å². The van der Waals surface area contributed by atoms with Crippen molar-refractivity contribution in [2.24, 2.45) is 5.73 Å². The molecule has 1 rings (SSSR count). The first kappa shape index (κ1) is 14.7. The molecule has 0 heterocycles. The maximum Gasteiger partial charge on any atom is 0.237 e. The van der Waals surface area contributed by atoms with Crippen molar-refractivity contribution in [1.29, 1.82) is 0 Å². The number of benzene rings is 1. The van der Waals surface area contributed by atoms with Gasteiger partial charge in [-0.3, -0.25) is 9.59 Å². The van der Waals surface area contributed by atoms with E-state index >= 15 is 0 Å². The van der Waals surface area contributed by atoms with Crippen LogP contribution in [-0.2, 0) is 9.59 Å². The summed E-state index contributed by atoms with van der Waals surface area (Å²) in [6.07, 6.45) is 2.09. The van der Waals surface area contributed by atoms with Gasteiger partial charge in [-0.15, -0.1) is 0 Å². The summed E-state index contributed by atoms with van der Waals surface area (Å²) in [7, 11) is 0. The summed E-state index contributed by atoms with van der Waals surface area (Å²) in [5, 5.41) is 0. The van der Waals surface area contributed by atoms with Gasteiger partial charge in [0.15, 0.2) is 0 Å². The van der Waals surface area contributed by atoms with Crippen LogP contribution in [-0.4, -0.2) is 29.8 Å². The van der Waals surface area contributed by atoms with E-state index in [1.165, 1.54) is 4.90 Å². The Balaban J connectivity index is 2.51. The number of nitrogens with zero attached hydrogens (tertiary/aromatic N) is 1. The molecule has 0 aliphatic heterocycles. The minimum atomic E-state index is -0.493. The highest BCUT2D eigenvalue weighted by molar-refractivity contribution is 9.10. The molecule has 0 bridgehead atoms. The van der Waals surface area contributed by atoms with E-state index in [0.717, 1.165) is 10.0 Å². The molecule has 4 nitrogen and oxygen atoms in total. The second-order valence-electron chi connectivity index (χ2n) is 3.84. The van der Waals surface area contributed by atoms with Crippen LogP contribution in [0, 0.1) is 6.42 Å². The third kappa shape index (κ3) is 4.87. The van der Waals surface area contributed by atoms with Crippen LogP contribution in [0.5, 0.6) is 0 Å². The average Bonchev–Trinajstić information content (AvgIpc) is 2.33. The largest absolute Gasteiger partial charge is 0.368 e. The van der Waals surface area contributed by atoms with Crippen molar-refractivity contribution >= 4 is 27.7 Å². The highest BCUT2D eigenvalue weighted by Gasteiger charge is 2.13. The maximum absolute atomic E-state index is 11.8. The van der Waals surface area contributed by atoms with Crippen molar-refractivity contribution < 1.29 is 9.59 Å². The summed E-state index contributed by atoms with van der Waals surface area (Å²) >= 11 is 3.37. The summed E-state index contributed by atoms with van der Waals surface area (Å²) in [5.41, 5.74) is 6.05. The molecule has 0 aliphatic carbocycles. The highest BCUT2D eigenvalue weighted by Crippen LogP contribution is 2.14. The molecule has 0 saturated heterocycles. The first-order valence-corrected chi connectivity index (χ1v) is 6.47. The zero-order valence-electron chi connectivity index (χ0n) is 10.2. The summed E-state index contributed by atoms with van der Waals surface area (Å²) in [6, 6.07) is 7.67. The van der Waals surface area contributed by atoms with Gasteiger partial charge in [0.2, 0.25) is 11.8 Å². The predicted octanol–water partition coefficient (Wildman–Crippen LogP) is 1.73. The number of primary amides is 1. The quantitative estimate of drug-likeness (QED) is 0.869. The Bertz CT molecular complexity index is 435. The van der Waals surface area contributed by atoms with Crippen LogP contribution in [0.2, 0.25) is 0 Å². The van der Waals surface area contributed by atoms with Gasteiger partial charge in [-0.25, -0.2) is 0 Å². The minimum absolute atomic E-state index is 0.0261. The molecule has 2 N–H and O–H groups in total. The number of carbonyl (C=O) groups excluding carboxylic acids is 2. The third-order valence-electron chi connectivity index (χ3n) is 2.44. The Kier molecular flexibility index (Phi) is 5.85. The van der Waals surface area contributed by atoms with E-state index in [-0.39, 0.29) is 18.9 Å². The maximum atomic E-state index is 11.8. The highest BCUT2D eigenvalue weighted by atomic mass is 79.9. The molecule has 1 aromatic rings. The monoisotopic (exact) mass is 311 g/mol. The Morgan fingerprint density at radius 1 is 1.44 bits per heavy atom. The second kappa shape index (κ2) is 7.16. The molecule has 0 fully saturated rings. The van der Waals surface area contributed by atoms with Gasteiger partial charge >= 0.3 is 0 Å². The Hall–Kier alpha value is -1.36. The van der Waals surface area contributed by atoms with Crippen LogP contribution in [0.3, 0.4) is 0 Å². The van der Waals surface area contributed by atoms with E-state index in [2.05, 4.69) is 15.9 Å². The second-order valence-corrected chi connectivity index (χ2v) is 4.75. The molecule has 2 amide bonds. The third-order valence-corrected chi connectivity index (χ3v) is 2.94. The summed E-state index contributed by atoms with van der Waals surface area (Å²) < 4.78 is 0.966. The number of halogens is 1. The number of likely N-dealkylation sites (N-methyl/N-ethyl adjacent to an activating group) is 1. The lowest BCUT2D eigenvalue weighted by Crippen LogP contribution is -2.38. The molecule has 5 heteroatoms. The van der Waals surface area contributed by atoms with Gasteiger partial charge < -0.3 is 10.6 Å². The van der Waals surface area contributed by atoms with Crippen molar-refractivity contribution in [2.45, 2.75) is 13.3 Å². The molecule has 1 aromatic carbocycles. The van der Waals surface area contributed by atoms with Gasteiger partial charge in [-0.05, 0) is 24.6 Å². The van der Waals surface area contributed by atoms with Gasteiger partial charge in [0.05, 0.1) is 6.54 Å². The van der Waals surface area contributed by atoms with Gasteiger partial charge in [0, 0.05) is 23.9 Å². The minimum Gasteiger partial charge on any atom is -0.368 e. The topological polar surface area (TPSA) is 63.4 Å². The predicted molar refractivity (Wildman–Crippen MR) is 73.6 cm³/mol. The van der Waals surface area contributed by atoms with Crippen molar-refractivity contribution in [3.8, 4) is 0 Å². The number of hydrogen-bond acceptors (Lipinski definition) is 2. The number of amides is 2. The molecule has 0 atom stereocenters. The molecule has 1 radical (unpaired) electrons. The molecule has 0 aromatic heterocycles. The lowest BCUT2D eigenvalue weighted by atomic mass is 10.1. The standard InChI is InChI=1S/C13H16BrN2O2/c1-2-16(9-12(15)17)13(18)7-6-10-4-3-5-11(14)8-10/h3-6,8H,2,7,9H2,1H3,(H2,15,17). The number of carbonyl (C=O) groups is 2. The van der Waals surface area contributed by atoms with Gasteiger partial charge in [0.25, 0.3) is 0 Å². The average molecular weight is 312 g/mol. The molecule has 0 aliphatic rings. The van der Waals surface area contributed by atoms with E-state index in [4.69, 9.17) is 5.73 Å². The van der Waals surface area contributed by atoms with E-state index in [1.54, 1.807) is 0 Å². The first-order chi connectivity index (χ1) is 8.52. The van der Waals surface area contributed by atoms with Crippen molar-refractivity contribution in [2.75, 3.05) is 13.1 Å². The SMILES string of the molecule is CCN(CC(N)=O)C(=O)C[CH]c1cccc(Br)c1. The van der Waals surface area contributed by atoms with E-state index in [9.17, 15) is 9.59 Å². The lowest BCUT2D eigenvalue weighted by Gasteiger charge is -2.18. The van der Waals surface area contributed by atoms with E-state index in [0.29, 0.717) is 6.54 Å². The molecular formula is C13H16BrN2O2. The van der Waals surface area contributed by atoms with Crippen LogP contribution in [0.15, 0.2) is 28.7 Å². The zero-order chi connectivity index (χ0) is 13.5. The summed E-state index contributed by atoms with van der Waals surface area (Å²) in [6.45, 7) is 2.27. The molecule has 0 spiro atoms. The molecule has 97 valence electrons. The number of hydrogen-bond donors (Lipinski definition) is 1. The zero-order valence-corrected chi connectivity index (χ0v) is 11.8. The van der Waals surface area contributed by atoms with Crippen molar-refractivity contribution in [3.05, 3.63) is 40.7 Å². The first-order valence-electron chi connectivity index (χ1n) is 5.67. The molecule has 0 unspecified atom stereocenters. The molecule has 0 saturated carbocycles. The van der Waals surface area contributed by atoms with Crippen molar-refractivity contribution in [3.63, 3.8) is 0 Å². The Morgan fingerprint density at radius 3 is 2.72 bits per heavy atom. The Labute approximate surface area is 115 Å². The van der Waals surface area contributed by atoms with Crippen LogP contribution in [0.25, 0.3) is 0 Å². The van der Waals surface area contributed by atoms with Crippen LogP contribution < -0.4 is 5.73 Å².